The summed E-state index contributed by atoms with van der Waals surface area (Å²) in [7, 11) is -0.488. The minimum Gasteiger partial charge on any atom is -0.503 e. The Morgan fingerprint density at radius 2 is 1.79 bits per heavy atom. The highest BCUT2D eigenvalue weighted by molar-refractivity contribution is 9.09. The van der Waals surface area contributed by atoms with Crippen molar-refractivity contribution in [1.82, 2.24) is 4.90 Å². The number of fused-ring (bicyclic) bond motifs is 4. The lowest BCUT2D eigenvalue weighted by Crippen LogP contribution is -2.60. The van der Waals surface area contributed by atoms with Gasteiger partial charge in [-0.2, -0.15) is 0 Å². The number of halogens is 4. The number of hydrogen-bond acceptors (Lipinski definition) is 8. The molecule has 0 unspecified atom stereocenters. The highest BCUT2D eigenvalue weighted by Gasteiger charge is 2.76. The van der Waals surface area contributed by atoms with Crippen LogP contribution in [0.2, 0.25) is 5.02 Å². The zero-order chi connectivity index (χ0) is 31.2. The molecule has 3 N–H and O–H groups in total. The number of imide groups is 2. The van der Waals surface area contributed by atoms with Crippen molar-refractivity contribution in [2.45, 2.75) is 28.5 Å². The number of methoxy groups -OCH3 is 1. The third-order valence-electron chi connectivity index (χ3n) is 9.05. The molecule has 2 aliphatic carbocycles. The minimum absolute atomic E-state index is 0.00211. The first-order valence-electron chi connectivity index (χ1n) is 13.2. The van der Waals surface area contributed by atoms with Gasteiger partial charge in [-0.25, -0.2) is 0 Å². The molecule has 15 heteroatoms. The van der Waals surface area contributed by atoms with Crippen LogP contribution in [0, 0.1) is 17.8 Å². The molecule has 43 heavy (non-hydrogen) atoms. The van der Waals surface area contributed by atoms with Gasteiger partial charge in [-0.05, 0) is 54.1 Å². The van der Waals surface area contributed by atoms with Crippen molar-refractivity contribution in [2.75, 3.05) is 17.5 Å². The number of allylic oxidation sites excluding steroid dienone is 2. The molecule has 4 amide bonds. The average molecular weight is 713 g/mol. The van der Waals surface area contributed by atoms with Gasteiger partial charge in [-0.15, -0.1) is 23.2 Å². The van der Waals surface area contributed by atoms with Crippen molar-refractivity contribution in [3.05, 3.63) is 58.6 Å². The molecule has 0 bridgehead atoms. The molecule has 0 aromatic heterocycles. The maximum atomic E-state index is 14.1. The topological polar surface area (TPSA) is 145 Å². The van der Waals surface area contributed by atoms with E-state index in [-0.39, 0.29) is 46.0 Å². The van der Waals surface area contributed by atoms with E-state index >= 15 is 0 Å². The number of rotatable bonds is 5. The number of benzene rings is 2. The average Bonchev–Trinajstić information content (AvgIpc) is 3.32. The molecule has 0 spiro atoms. The Labute approximate surface area is 269 Å². The summed E-state index contributed by atoms with van der Waals surface area (Å²) in [6, 6.07) is 8.68. The lowest BCUT2D eigenvalue weighted by molar-refractivity contribution is -0.138. The number of alkyl halides is 3. The lowest BCUT2D eigenvalue weighted by Gasteiger charge is -2.50. The van der Waals surface area contributed by atoms with Crippen LogP contribution >= 0.6 is 50.7 Å². The standard InChI is InChI=1S/C28H23BBrCl3N2O8/c1-43-19-8-12(7-18(31)22(19)36)21-15-5-6-16-20(17(15)10-27(32)25(39)34(11-30)26(40)28(21,27)33)24(38)35(23(16)37)14-4-2-3-13(9-14)29(41)42/h2-5,7-9,16-17,20-21,36,41-42H,6,10-11H2,1H3/t16-,17+,20-,21-,27+,28-/m0/s1. The van der Waals surface area contributed by atoms with Crippen molar-refractivity contribution < 1.29 is 39.1 Å². The van der Waals surface area contributed by atoms with Gasteiger partial charge >= 0.3 is 7.12 Å². The SMILES string of the molecule is COc1cc([C@H]2C3=CC[C@@H]4C(=O)N(c5cccc(B(O)O)c5)C(=O)[C@@H]4[C@@H]3C[C@@]3(Cl)C(=O)N(CBr)C(=O)[C@@]23Cl)cc(Cl)c1O. The normalized spacial score (nSPS) is 31.6. The zero-order valence-corrected chi connectivity index (χ0v) is 26.2. The molecular formula is C28H23BBrCl3N2O8. The lowest BCUT2D eigenvalue weighted by atomic mass is 9.56. The van der Waals surface area contributed by atoms with Gasteiger partial charge in [0, 0.05) is 5.92 Å². The molecule has 6 atom stereocenters. The number of hydrogen-bond donors (Lipinski definition) is 3. The third kappa shape index (κ3) is 4.07. The quantitative estimate of drug-likeness (QED) is 0.141. The first kappa shape index (κ1) is 30.4. The van der Waals surface area contributed by atoms with Gasteiger partial charge in [-0.1, -0.05) is 51.3 Å². The van der Waals surface area contributed by atoms with E-state index in [1.165, 1.54) is 43.5 Å². The van der Waals surface area contributed by atoms with Gasteiger partial charge in [0.1, 0.15) is 0 Å². The van der Waals surface area contributed by atoms with Crippen LogP contribution < -0.4 is 15.1 Å². The van der Waals surface area contributed by atoms with E-state index in [0.29, 0.717) is 11.1 Å². The Morgan fingerprint density at radius 3 is 2.44 bits per heavy atom. The molecule has 3 fully saturated rings. The number of anilines is 1. The number of nitrogens with zero attached hydrogens (tertiary/aromatic N) is 2. The summed E-state index contributed by atoms with van der Waals surface area (Å²) in [4.78, 5) is 53.3. The second-order valence-electron chi connectivity index (χ2n) is 11.0. The summed E-state index contributed by atoms with van der Waals surface area (Å²) in [6.07, 6.45) is 1.69. The summed E-state index contributed by atoms with van der Waals surface area (Å²) in [5.41, 5.74) is 0.956. The summed E-state index contributed by atoms with van der Waals surface area (Å²) in [5, 5.41) is 29.6. The monoisotopic (exact) mass is 710 g/mol. The van der Waals surface area contributed by atoms with Crippen LogP contribution in [0.15, 0.2) is 48.0 Å². The number of ether oxygens (including phenoxy) is 1. The Balaban J connectivity index is 1.52. The molecule has 0 radical (unpaired) electrons. The van der Waals surface area contributed by atoms with Crippen molar-refractivity contribution in [3.63, 3.8) is 0 Å². The summed E-state index contributed by atoms with van der Waals surface area (Å²) >= 11 is 24.0. The second-order valence-corrected chi connectivity index (χ2v) is 13.2. The number of carbonyl (C=O) groups is 4. The molecule has 2 saturated heterocycles. The predicted octanol–water partition coefficient (Wildman–Crippen LogP) is 2.65. The molecule has 1 saturated carbocycles. The predicted molar refractivity (Wildman–Crippen MR) is 162 cm³/mol. The molecular weight excluding hydrogens is 689 g/mol. The fourth-order valence-electron chi connectivity index (χ4n) is 7.12. The van der Waals surface area contributed by atoms with Crippen molar-refractivity contribution in [3.8, 4) is 11.5 Å². The van der Waals surface area contributed by atoms with Crippen LogP contribution in [0.5, 0.6) is 11.5 Å². The van der Waals surface area contributed by atoms with Crippen LogP contribution in [0.25, 0.3) is 0 Å². The fraction of sp³-hybridized carbons (Fsp3) is 0.357. The van der Waals surface area contributed by atoms with E-state index < -0.39 is 64.2 Å². The van der Waals surface area contributed by atoms with Crippen molar-refractivity contribution in [1.29, 1.82) is 0 Å². The molecule has 224 valence electrons. The highest BCUT2D eigenvalue weighted by Crippen LogP contribution is 2.66. The second kappa shape index (κ2) is 10.5. The number of phenols is 1. The molecule has 2 aromatic carbocycles. The van der Waals surface area contributed by atoms with Crippen LogP contribution in [0.3, 0.4) is 0 Å². The van der Waals surface area contributed by atoms with Crippen molar-refractivity contribution >= 4 is 92.6 Å². The van der Waals surface area contributed by atoms with Gasteiger partial charge in [0.25, 0.3) is 11.8 Å². The van der Waals surface area contributed by atoms with E-state index in [0.717, 1.165) is 9.80 Å². The molecule has 4 aliphatic rings. The molecule has 2 aromatic rings. The van der Waals surface area contributed by atoms with Gasteiger partial charge in [0.05, 0.1) is 35.1 Å². The number of amides is 4. The number of phenolic OH excluding ortho intramolecular Hbond substituents is 1. The Kier molecular flexibility index (Phi) is 7.42. The van der Waals surface area contributed by atoms with Crippen LogP contribution in [0.4, 0.5) is 5.69 Å². The number of aromatic hydroxyl groups is 1. The number of likely N-dealkylation sites (tertiary alicyclic amines) is 1. The fourth-order valence-corrected chi connectivity index (χ4v) is 8.77. The number of carbonyl (C=O) groups excluding carboxylic acids is 4. The first-order valence-corrected chi connectivity index (χ1v) is 15.5. The maximum Gasteiger partial charge on any atom is 0.488 e. The Bertz CT molecular complexity index is 1640. The van der Waals surface area contributed by atoms with E-state index in [4.69, 9.17) is 39.5 Å². The summed E-state index contributed by atoms with van der Waals surface area (Å²) in [6.45, 7) is 0. The van der Waals surface area contributed by atoms with Gasteiger partial charge in [0.15, 0.2) is 21.2 Å². The third-order valence-corrected chi connectivity index (χ3v) is 11.2. The smallest absolute Gasteiger partial charge is 0.488 e. The largest absolute Gasteiger partial charge is 0.503 e. The summed E-state index contributed by atoms with van der Waals surface area (Å²) < 4.78 is 5.30. The molecule has 6 rings (SSSR count). The zero-order valence-electron chi connectivity index (χ0n) is 22.3. The van der Waals surface area contributed by atoms with E-state index in [1.54, 1.807) is 6.08 Å². The molecule has 10 nitrogen and oxygen atoms in total. The first-order chi connectivity index (χ1) is 20.3. The van der Waals surface area contributed by atoms with E-state index in [9.17, 15) is 34.3 Å². The van der Waals surface area contributed by atoms with Crippen LogP contribution in [0.1, 0.15) is 24.3 Å². The van der Waals surface area contributed by atoms with Crippen molar-refractivity contribution in [2.24, 2.45) is 17.8 Å². The van der Waals surface area contributed by atoms with Crippen LogP contribution in [-0.2, 0) is 19.2 Å². The highest BCUT2D eigenvalue weighted by atomic mass is 79.9. The summed E-state index contributed by atoms with van der Waals surface area (Å²) in [5.74, 6) is -6.49. The Hall–Kier alpha value is -2.61. The van der Waals surface area contributed by atoms with Crippen LogP contribution in [-0.4, -0.2) is 73.1 Å². The van der Waals surface area contributed by atoms with E-state index in [2.05, 4.69) is 15.9 Å². The van der Waals surface area contributed by atoms with Gasteiger partial charge in [0.2, 0.25) is 11.8 Å². The Morgan fingerprint density at radius 1 is 1.07 bits per heavy atom. The van der Waals surface area contributed by atoms with Gasteiger partial charge < -0.3 is 19.9 Å². The molecule has 2 heterocycles. The maximum absolute atomic E-state index is 14.1. The minimum atomic E-state index is -2.04. The van der Waals surface area contributed by atoms with E-state index in [1.807, 2.05) is 0 Å². The molecule has 2 aliphatic heterocycles. The van der Waals surface area contributed by atoms with Gasteiger partial charge in [-0.3, -0.25) is 29.0 Å².